The number of nitrogens with one attached hydrogen (secondary N) is 1. The van der Waals surface area contributed by atoms with Crippen molar-refractivity contribution >= 4 is 21.7 Å². The van der Waals surface area contributed by atoms with Gasteiger partial charge in [-0.25, -0.2) is 9.97 Å². The van der Waals surface area contributed by atoms with E-state index >= 15 is 0 Å². The molecular formula is C13H20BrN3. The van der Waals surface area contributed by atoms with E-state index < -0.39 is 0 Å². The van der Waals surface area contributed by atoms with Gasteiger partial charge in [0.2, 0.25) is 0 Å². The topological polar surface area (TPSA) is 37.8 Å². The molecule has 1 N–H and O–H groups in total. The molecule has 1 saturated carbocycles. The number of halogens is 1. The first-order valence-electron chi connectivity index (χ1n) is 6.53. The van der Waals surface area contributed by atoms with Crippen LogP contribution in [-0.2, 0) is 0 Å². The van der Waals surface area contributed by atoms with Crippen LogP contribution in [0.25, 0.3) is 0 Å². The van der Waals surface area contributed by atoms with Crippen LogP contribution in [0.1, 0.15) is 45.4 Å². The normalized spacial score (nSPS) is 18.9. The Morgan fingerprint density at radius 3 is 2.82 bits per heavy atom. The third kappa shape index (κ3) is 3.41. The van der Waals surface area contributed by atoms with Gasteiger partial charge in [-0.3, -0.25) is 0 Å². The highest BCUT2D eigenvalue weighted by molar-refractivity contribution is 9.10. The van der Waals surface area contributed by atoms with Crippen LogP contribution in [-0.4, -0.2) is 16.0 Å². The summed E-state index contributed by atoms with van der Waals surface area (Å²) in [4.78, 5) is 8.28. The van der Waals surface area contributed by atoms with Gasteiger partial charge in [0, 0.05) is 12.2 Å². The van der Waals surface area contributed by atoms with Gasteiger partial charge in [0.1, 0.15) is 12.1 Å². The highest BCUT2D eigenvalue weighted by Gasteiger charge is 2.22. The summed E-state index contributed by atoms with van der Waals surface area (Å²) in [6.45, 7) is 2.25. The van der Waals surface area contributed by atoms with Crippen LogP contribution in [0.5, 0.6) is 0 Å². The van der Waals surface area contributed by atoms with Crippen molar-refractivity contribution in [1.29, 1.82) is 0 Å². The number of hydrogen-bond acceptors (Lipinski definition) is 3. The Kier molecular flexibility index (Phi) is 4.77. The Hall–Kier alpha value is -0.640. The van der Waals surface area contributed by atoms with Crippen LogP contribution < -0.4 is 5.32 Å². The lowest BCUT2D eigenvalue weighted by Gasteiger charge is -2.30. The average Bonchev–Trinajstić information content (AvgIpc) is 2.39. The zero-order chi connectivity index (χ0) is 12.1. The fraction of sp³-hybridized carbons (Fsp3) is 0.692. The van der Waals surface area contributed by atoms with E-state index in [1.165, 1.54) is 32.1 Å². The van der Waals surface area contributed by atoms with Crippen molar-refractivity contribution in [3.63, 3.8) is 0 Å². The Morgan fingerprint density at radius 1 is 1.41 bits per heavy atom. The molecule has 2 rings (SSSR count). The molecule has 3 nitrogen and oxygen atoms in total. The van der Waals surface area contributed by atoms with Gasteiger partial charge in [0.25, 0.3) is 0 Å². The molecule has 1 atom stereocenters. The van der Waals surface area contributed by atoms with E-state index in [2.05, 4.69) is 38.1 Å². The summed E-state index contributed by atoms with van der Waals surface area (Å²) in [7, 11) is 0. The van der Waals surface area contributed by atoms with Gasteiger partial charge in [-0.2, -0.15) is 0 Å². The van der Waals surface area contributed by atoms with E-state index in [1.807, 2.05) is 0 Å². The largest absolute Gasteiger partial charge is 0.366 e. The third-order valence-corrected chi connectivity index (χ3v) is 4.23. The quantitative estimate of drug-likeness (QED) is 0.912. The number of hydrogen-bond donors (Lipinski definition) is 1. The molecule has 0 bridgehead atoms. The van der Waals surface area contributed by atoms with Crippen LogP contribution >= 0.6 is 15.9 Å². The van der Waals surface area contributed by atoms with Crippen molar-refractivity contribution in [2.24, 2.45) is 5.92 Å². The first-order valence-corrected chi connectivity index (χ1v) is 7.32. The maximum absolute atomic E-state index is 4.29. The Labute approximate surface area is 112 Å². The van der Waals surface area contributed by atoms with E-state index in [-0.39, 0.29) is 0 Å². The summed E-state index contributed by atoms with van der Waals surface area (Å²) >= 11 is 3.49. The minimum absolute atomic E-state index is 0.543. The van der Waals surface area contributed by atoms with Gasteiger partial charge in [-0.1, -0.05) is 26.2 Å². The molecule has 0 aliphatic heterocycles. The Bertz CT molecular complexity index is 350. The highest BCUT2D eigenvalue weighted by Crippen LogP contribution is 2.30. The standard InChI is InChI=1S/C13H20BrN3/c1-2-12(10-6-4-3-5-7-10)17-13-11(14)8-15-9-16-13/h8-10,12H,2-7H2,1H3,(H,15,16,17). The van der Waals surface area contributed by atoms with Crippen molar-refractivity contribution in [3.8, 4) is 0 Å². The van der Waals surface area contributed by atoms with Crippen LogP contribution in [0.4, 0.5) is 5.82 Å². The van der Waals surface area contributed by atoms with Gasteiger partial charge in [-0.05, 0) is 41.1 Å². The van der Waals surface area contributed by atoms with Crippen molar-refractivity contribution < 1.29 is 0 Å². The van der Waals surface area contributed by atoms with Crippen molar-refractivity contribution in [2.45, 2.75) is 51.5 Å². The molecule has 0 spiro atoms. The lowest BCUT2D eigenvalue weighted by molar-refractivity contribution is 0.312. The predicted molar refractivity (Wildman–Crippen MR) is 74.0 cm³/mol. The van der Waals surface area contributed by atoms with E-state index in [1.54, 1.807) is 12.5 Å². The minimum atomic E-state index is 0.543. The summed E-state index contributed by atoms with van der Waals surface area (Å²) in [5.74, 6) is 1.73. The summed E-state index contributed by atoms with van der Waals surface area (Å²) in [5, 5.41) is 3.57. The predicted octanol–water partition coefficient (Wildman–Crippen LogP) is 4.01. The molecule has 17 heavy (non-hydrogen) atoms. The van der Waals surface area contributed by atoms with Gasteiger partial charge >= 0.3 is 0 Å². The molecule has 1 heterocycles. The van der Waals surface area contributed by atoms with E-state index in [0.717, 1.165) is 22.6 Å². The monoisotopic (exact) mass is 297 g/mol. The molecule has 0 aromatic carbocycles. The van der Waals surface area contributed by atoms with Crippen LogP contribution in [0.2, 0.25) is 0 Å². The first kappa shape index (κ1) is 12.8. The molecular weight excluding hydrogens is 278 g/mol. The molecule has 1 unspecified atom stereocenters. The smallest absolute Gasteiger partial charge is 0.143 e. The van der Waals surface area contributed by atoms with Gasteiger partial charge < -0.3 is 5.32 Å². The fourth-order valence-electron chi connectivity index (χ4n) is 2.68. The minimum Gasteiger partial charge on any atom is -0.366 e. The van der Waals surface area contributed by atoms with Gasteiger partial charge in [0.15, 0.2) is 0 Å². The third-order valence-electron chi connectivity index (χ3n) is 3.65. The lowest BCUT2D eigenvalue weighted by Crippen LogP contribution is -2.30. The van der Waals surface area contributed by atoms with Gasteiger partial charge in [-0.15, -0.1) is 0 Å². The molecule has 0 saturated heterocycles. The molecule has 1 aliphatic rings. The Balaban J connectivity index is 2.01. The van der Waals surface area contributed by atoms with E-state index in [0.29, 0.717) is 6.04 Å². The zero-order valence-corrected chi connectivity index (χ0v) is 11.9. The molecule has 94 valence electrons. The highest BCUT2D eigenvalue weighted by atomic mass is 79.9. The van der Waals surface area contributed by atoms with Crippen LogP contribution in [0.3, 0.4) is 0 Å². The van der Waals surface area contributed by atoms with Crippen LogP contribution in [0.15, 0.2) is 17.0 Å². The number of anilines is 1. The summed E-state index contributed by atoms with van der Waals surface area (Å²) < 4.78 is 0.953. The van der Waals surface area contributed by atoms with Crippen molar-refractivity contribution in [1.82, 2.24) is 9.97 Å². The zero-order valence-electron chi connectivity index (χ0n) is 10.3. The van der Waals surface area contributed by atoms with E-state index in [4.69, 9.17) is 0 Å². The van der Waals surface area contributed by atoms with Crippen molar-refractivity contribution in [3.05, 3.63) is 17.0 Å². The maximum Gasteiger partial charge on any atom is 0.143 e. The second-order valence-electron chi connectivity index (χ2n) is 4.78. The molecule has 1 aromatic rings. The second-order valence-corrected chi connectivity index (χ2v) is 5.63. The summed E-state index contributed by atoms with van der Waals surface area (Å²) in [5.41, 5.74) is 0. The molecule has 4 heteroatoms. The number of nitrogens with zero attached hydrogens (tertiary/aromatic N) is 2. The van der Waals surface area contributed by atoms with E-state index in [9.17, 15) is 0 Å². The van der Waals surface area contributed by atoms with Crippen LogP contribution in [0, 0.1) is 5.92 Å². The molecule has 1 aromatic heterocycles. The Morgan fingerprint density at radius 2 is 2.18 bits per heavy atom. The second kappa shape index (κ2) is 6.34. The summed E-state index contributed by atoms with van der Waals surface area (Å²) in [6, 6.07) is 0.543. The molecule has 0 radical (unpaired) electrons. The molecule has 1 aliphatic carbocycles. The average molecular weight is 298 g/mol. The van der Waals surface area contributed by atoms with Gasteiger partial charge in [0.05, 0.1) is 4.47 Å². The fourth-order valence-corrected chi connectivity index (χ4v) is 3.02. The van der Waals surface area contributed by atoms with Crippen molar-refractivity contribution in [2.75, 3.05) is 5.32 Å². The SMILES string of the molecule is CCC(Nc1ncncc1Br)C1CCCCC1. The summed E-state index contributed by atoms with van der Waals surface area (Å²) in [6.07, 6.45) is 11.4. The molecule has 0 amide bonds. The maximum atomic E-state index is 4.29. The number of rotatable bonds is 4. The lowest BCUT2D eigenvalue weighted by atomic mass is 9.83. The number of aromatic nitrogens is 2. The first-order chi connectivity index (χ1) is 8.31. The molecule has 1 fully saturated rings.